The van der Waals surface area contributed by atoms with Gasteiger partial charge in [-0.2, -0.15) is 5.11 Å². The molecule has 1 saturated heterocycles. The molecular formula is C21H16N7O4S+. The molecule has 4 aromatic rings. The van der Waals surface area contributed by atoms with Crippen LogP contribution in [0, 0.1) is 6.92 Å². The third-order valence-corrected chi connectivity index (χ3v) is 5.42. The number of thiazole rings is 1. The van der Waals surface area contributed by atoms with Crippen molar-refractivity contribution in [2.24, 2.45) is 10.2 Å². The van der Waals surface area contributed by atoms with Crippen LogP contribution < -0.4 is 20.9 Å². The maximum atomic E-state index is 12.3. The summed E-state index contributed by atoms with van der Waals surface area (Å²) in [4.78, 5) is 33.6. The summed E-state index contributed by atoms with van der Waals surface area (Å²) in [6.07, 6.45) is 1.27. The SMILES string of the molecule is Cc1ccc(-[n+]2[nH]oc(=O)c2-c2csc(N=N/C=C3\C(=O)ONN3c3ccccc3)n2)cc1. The van der Waals surface area contributed by atoms with Gasteiger partial charge in [-0.25, -0.2) is 19.6 Å². The van der Waals surface area contributed by atoms with Crippen molar-refractivity contribution in [3.8, 4) is 17.1 Å². The van der Waals surface area contributed by atoms with E-state index in [4.69, 9.17) is 9.36 Å². The van der Waals surface area contributed by atoms with Crippen LogP contribution in [-0.2, 0) is 9.63 Å². The normalized spacial score (nSPS) is 15.0. The second-order valence-corrected chi connectivity index (χ2v) is 7.73. The first-order chi connectivity index (χ1) is 16.1. The van der Waals surface area contributed by atoms with Gasteiger partial charge in [-0.3, -0.25) is 4.52 Å². The van der Waals surface area contributed by atoms with Crippen molar-refractivity contribution in [1.29, 1.82) is 0 Å². The number of nitrogens with one attached hydrogen (secondary N) is 2. The number of aromatic amines is 1. The number of anilines is 1. The van der Waals surface area contributed by atoms with E-state index in [2.05, 4.69) is 26.1 Å². The molecule has 11 nitrogen and oxygen atoms in total. The number of carbonyl (C=O) groups is 1. The van der Waals surface area contributed by atoms with Gasteiger partial charge in [-0.1, -0.05) is 41.5 Å². The molecule has 1 fully saturated rings. The molecule has 2 aromatic heterocycles. The van der Waals surface area contributed by atoms with Crippen LogP contribution in [0.2, 0.25) is 0 Å². The molecule has 0 saturated carbocycles. The summed E-state index contributed by atoms with van der Waals surface area (Å²) in [6.45, 7) is 1.97. The molecule has 5 rings (SSSR count). The number of benzene rings is 2. The number of rotatable bonds is 5. The Labute approximate surface area is 190 Å². The van der Waals surface area contributed by atoms with Crippen molar-refractivity contribution in [2.45, 2.75) is 6.92 Å². The molecule has 0 spiro atoms. The molecule has 0 amide bonds. The van der Waals surface area contributed by atoms with Gasteiger partial charge < -0.3 is 4.84 Å². The van der Waals surface area contributed by atoms with Crippen LogP contribution in [0.25, 0.3) is 17.1 Å². The van der Waals surface area contributed by atoms with Gasteiger partial charge in [0.25, 0.3) is 0 Å². The van der Waals surface area contributed by atoms with Gasteiger partial charge in [-0.05, 0) is 29.0 Å². The summed E-state index contributed by atoms with van der Waals surface area (Å²) < 4.78 is 6.49. The Hall–Kier alpha value is -4.42. The first-order valence-electron chi connectivity index (χ1n) is 9.69. The average Bonchev–Trinajstić information content (AvgIpc) is 3.54. The Morgan fingerprint density at radius 3 is 2.70 bits per heavy atom. The lowest BCUT2D eigenvalue weighted by Crippen LogP contribution is -2.36. The summed E-state index contributed by atoms with van der Waals surface area (Å²) in [6, 6.07) is 16.7. The Balaban J connectivity index is 1.40. The van der Waals surface area contributed by atoms with E-state index >= 15 is 0 Å². The zero-order valence-corrected chi connectivity index (χ0v) is 17.9. The first-order valence-corrected chi connectivity index (χ1v) is 10.6. The molecule has 1 aliphatic heterocycles. The predicted molar refractivity (Wildman–Crippen MR) is 117 cm³/mol. The van der Waals surface area contributed by atoms with Crippen molar-refractivity contribution in [3.05, 3.63) is 87.9 Å². The average molecular weight is 462 g/mol. The van der Waals surface area contributed by atoms with Gasteiger partial charge in [0, 0.05) is 17.5 Å². The maximum Gasteiger partial charge on any atom is 0.437 e. The molecule has 0 unspecified atom stereocenters. The van der Waals surface area contributed by atoms with Gasteiger partial charge in [-0.15, -0.1) is 16.5 Å². The quantitative estimate of drug-likeness (QED) is 0.265. The van der Waals surface area contributed by atoms with Crippen LogP contribution in [0.4, 0.5) is 10.8 Å². The van der Waals surface area contributed by atoms with Crippen molar-refractivity contribution in [2.75, 3.05) is 5.01 Å². The molecule has 1 aliphatic rings. The van der Waals surface area contributed by atoms with Crippen LogP contribution in [-0.4, -0.2) is 16.2 Å². The van der Waals surface area contributed by atoms with Crippen molar-refractivity contribution in [3.63, 3.8) is 0 Å². The Bertz CT molecular complexity index is 1420. The lowest BCUT2D eigenvalue weighted by Gasteiger charge is -2.14. The molecule has 3 heterocycles. The molecule has 0 atom stereocenters. The fourth-order valence-electron chi connectivity index (χ4n) is 3.08. The first kappa shape index (κ1) is 20.5. The number of hydrazine groups is 1. The van der Waals surface area contributed by atoms with E-state index in [-0.39, 0.29) is 11.4 Å². The predicted octanol–water partition coefficient (Wildman–Crippen LogP) is 3.08. The van der Waals surface area contributed by atoms with Crippen LogP contribution in [0.15, 0.2) is 91.4 Å². The number of aryl methyl sites for hydroxylation is 1. The van der Waals surface area contributed by atoms with E-state index in [1.165, 1.54) is 27.2 Å². The van der Waals surface area contributed by atoms with E-state index in [0.717, 1.165) is 11.3 Å². The summed E-state index contributed by atoms with van der Waals surface area (Å²) >= 11 is 1.19. The minimum absolute atomic E-state index is 0.158. The van der Waals surface area contributed by atoms with Crippen molar-refractivity contribution >= 4 is 28.1 Å². The molecule has 12 heteroatoms. The lowest BCUT2D eigenvalue weighted by atomic mass is 10.2. The monoisotopic (exact) mass is 462 g/mol. The van der Waals surface area contributed by atoms with E-state index in [0.29, 0.717) is 16.5 Å². The Kier molecular flexibility index (Phi) is 5.34. The molecule has 0 bridgehead atoms. The fraction of sp³-hybridized carbons (Fsp3) is 0.0476. The summed E-state index contributed by atoms with van der Waals surface area (Å²) in [5, 5.41) is 14.0. The minimum Gasteiger partial charge on any atom is -0.345 e. The maximum absolute atomic E-state index is 12.3. The smallest absolute Gasteiger partial charge is 0.345 e. The molecule has 0 radical (unpaired) electrons. The standard InChI is InChI=1S/C21H15N7O4S/c1-13-7-9-15(10-8-13)28-18(20(30)32-26-28)16-12-33-21(23-16)24-22-11-17-19(29)31-25-27(17)14-5-3-2-4-6-14/h2-12,25H,1H3/p+1/b17-11+,24-22?. The second kappa shape index (κ2) is 8.61. The van der Waals surface area contributed by atoms with E-state index in [1.807, 2.05) is 49.4 Å². The number of aromatic nitrogens is 3. The highest BCUT2D eigenvalue weighted by molar-refractivity contribution is 7.13. The van der Waals surface area contributed by atoms with E-state index < -0.39 is 11.6 Å². The van der Waals surface area contributed by atoms with Crippen molar-refractivity contribution < 1.29 is 18.8 Å². The summed E-state index contributed by atoms with van der Waals surface area (Å²) in [7, 11) is 0. The highest BCUT2D eigenvalue weighted by Crippen LogP contribution is 2.25. The van der Waals surface area contributed by atoms with Crippen molar-refractivity contribution in [1.82, 2.24) is 15.8 Å². The number of hydrogen-bond acceptors (Lipinski definition) is 10. The van der Waals surface area contributed by atoms with Gasteiger partial charge in [0.05, 0.1) is 11.9 Å². The van der Waals surface area contributed by atoms with E-state index in [1.54, 1.807) is 17.5 Å². The van der Waals surface area contributed by atoms with Gasteiger partial charge >= 0.3 is 17.3 Å². The molecule has 164 valence electrons. The summed E-state index contributed by atoms with van der Waals surface area (Å²) in [5.74, 6) is -0.596. The topological polar surface area (TPSA) is 129 Å². The van der Waals surface area contributed by atoms with Crippen LogP contribution in [0.1, 0.15) is 5.56 Å². The van der Waals surface area contributed by atoms with Gasteiger partial charge in [0.1, 0.15) is 0 Å². The van der Waals surface area contributed by atoms with E-state index in [9.17, 15) is 9.59 Å². The zero-order chi connectivity index (χ0) is 22.8. The number of azo groups is 1. The number of para-hydroxylation sites is 1. The van der Waals surface area contributed by atoms with Crippen LogP contribution >= 0.6 is 11.3 Å². The fourth-order valence-corrected chi connectivity index (χ4v) is 3.70. The highest BCUT2D eigenvalue weighted by Gasteiger charge is 2.29. The third-order valence-electron chi connectivity index (χ3n) is 4.69. The Morgan fingerprint density at radius 2 is 1.91 bits per heavy atom. The minimum atomic E-state index is -0.596. The van der Waals surface area contributed by atoms with Crippen LogP contribution in [0.3, 0.4) is 0 Å². The third kappa shape index (κ3) is 4.07. The van der Waals surface area contributed by atoms with Gasteiger partial charge in [0.15, 0.2) is 11.4 Å². The second-order valence-electron chi connectivity index (χ2n) is 6.90. The molecule has 33 heavy (non-hydrogen) atoms. The molecule has 0 aliphatic carbocycles. The summed E-state index contributed by atoms with van der Waals surface area (Å²) in [5.41, 5.74) is 5.23. The molecular weight excluding hydrogens is 446 g/mol. The highest BCUT2D eigenvalue weighted by atomic mass is 32.1. The lowest BCUT2D eigenvalue weighted by molar-refractivity contribution is -0.660. The van der Waals surface area contributed by atoms with Crippen LogP contribution in [0.5, 0.6) is 0 Å². The number of hydrogen-bond donors (Lipinski definition) is 2. The Morgan fingerprint density at radius 1 is 1.12 bits per heavy atom. The zero-order valence-electron chi connectivity index (χ0n) is 17.1. The molecule has 2 N–H and O–H groups in total. The molecule has 2 aromatic carbocycles. The van der Waals surface area contributed by atoms with Gasteiger partial charge in [0.2, 0.25) is 10.8 Å². The number of nitrogens with zero attached hydrogens (tertiary/aromatic N) is 5. The number of carbonyl (C=O) groups excluding carboxylic acids is 1. The largest absolute Gasteiger partial charge is 0.437 e. The number of H-pyrrole nitrogens is 1.